The number of carboxylic acid groups (broad SMARTS) is 1. The maximum atomic E-state index is 13.5. The Kier molecular flexibility index (Phi) is 10.7. The highest BCUT2D eigenvalue weighted by Gasteiger charge is 2.47. The summed E-state index contributed by atoms with van der Waals surface area (Å²) in [6.07, 6.45) is 4.15. The zero-order valence-electron chi connectivity index (χ0n) is 30.5. The van der Waals surface area contributed by atoms with Crippen LogP contribution in [0.25, 0.3) is 5.70 Å². The van der Waals surface area contributed by atoms with Crippen molar-refractivity contribution in [2.45, 2.75) is 90.2 Å². The van der Waals surface area contributed by atoms with E-state index in [9.17, 15) is 18.3 Å². The van der Waals surface area contributed by atoms with Crippen LogP contribution in [-0.2, 0) is 23.0 Å². The molecule has 0 saturated heterocycles. The molecule has 0 bridgehead atoms. The number of pyridine rings is 1. The molecule has 1 fully saturated rings. The van der Waals surface area contributed by atoms with Gasteiger partial charge in [0, 0.05) is 31.2 Å². The zero-order valence-corrected chi connectivity index (χ0v) is 31.4. The minimum Gasteiger partial charge on any atom is -0.465 e. The van der Waals surface area contributed by atoms with Crippen LogP contribution in [0.2, 0.25) is 0 Å². The minimum atomic E-state index is -3.69. The molecule has 2 N–H and O–H groups in total. The third-order valence-corrected chi connectivity index (χ3v) is 12.0. The van der Waals surface area contributed by atoms with Gasteiger partial charge in [-0.2, -0.15) is 0 Å². The maximum absolute atomic E-state index is 13.5. The Morgan fingerprint density at radius 1 is 0.980 bits per heavy atom. The number of anilines is 2. The molecule has 1 amide bonds. The number of aromatic nitrogens is 1. The number of benzene rings is 2. The molecule has 5 rings (SSSR count). The van der Waals surface area contributed by atoms with Gasteiger partial charge in [0.05, 0.1) is 28.9 Å². The Bertz CT molecular complexity index is 1820. The SMILES string of the molecule is CC1CC1CN(Cc1ccccc1)c1cc(C2=CC([C@@](C)(Cc3ccccc3)N(C(=O)O)C(C)(C)C)NC=N2)cc(N(C)S(=O)(=O)C(C)C)n1. The molecule has 10 nitrogen and oxygen atoms in total. The maximum Gasteiger partial charge on any atom is 0.408 e. The smallest absolute Gasteiger partial charge is 0.408 e. The topological polar surface area (TPSA) is 118 Å². The zero-order chi connectivity index (χ0) is 36.4. The fourth-order valence-electron chi connectivity index (χ4n) is 6.97. The van der Waals surface area contributed by atoms with E-state index in [1.54, 1.807) is 33.3 Å². The molecule has 11 heteroatoms. The summed E-state index contributed by atoms with van der Waals surface area (Å²) in [7, 11) is -2.15. The summed E-state index contributed by atoms with van der Waals surface area (Å²) in [4.78, 5) is 26.5. The van der Waals surface area contributed by atoms with Crippen molar-refractivity contribution in [3.63, 3.8) is 0 Å². The summed E-state index contributed by atoms with van der Waals surface area (Å²) >= 11 is 0. The van der Waals surface area contributed by atoms with Crippen LogP contribution in [0.1, 0.15) is 71.6 Å². The summed E-state index contributed by atoms with van der Waals surface area (Å²) in [5.41, 5.74) is 1.77. The first-order valence-corrected chi connectivity index (χ1v) is 18.9. The molecule has 268 valence electrons. The van der Waals surface area contributed by atoms with Crippen molar-refractivity contribution in [2.24, 2.45) is 16.8 Å². The predicted molar refractivity (Wildman–Crippen MR) is 203 cm³/mol. The average molecular weight is 701 g/mol. The molecule has 0 radical (unpaired) electrons. The van der Waals surface area contributed by atoms with E-state index in [-0.39, 0.29) is 0 Å². The first-order chi connectivity index (χ1) is 23.5. The third kappa shape index (κ3) is 8.15. The van der Waals surface area contributed by atoms with Gasteiger partial charge in [-0.25, -0.2) is 23.2 Å². The van der Waals surface area contributed by atoms with Crippen LogP contribution in [0, 0.1) is 11.8 Å². The van der Waals surface area contributed by atoms with Gasteiger partial charge in [-0.05, 0) is 95.6 Å². The highest BCUT2D eigenvalue weighted by molar-refractivity contribution is 7.93. The van der Waals surface area contributed by atoms with Crippen LogP contribution >= 0.6 is 0 Å². The van der Waals surface area contributed by atoms with Gasteiger partial charge in [0.15, 0.2) is 0 Å². The summed E-state index contributed by atoms with van der Waals surface area (Å²) in [6, 6.07) is 23.4. The van der Waals surface area contributed by atoms with E-state index in [4.69, 9.17) is 9.98 Å². The van der Waals surface area contributed by atoms with Crippen molar-refractivity contribution in [3.05, 3.63) is 95.6 Å². The van der Waals surface area contributed by atoms with Crippen molar-refractivity contribution < 1.29 is 18.3 Å². The number of amides is 1. The van der Waals surface area contributed by atoms with Gasteiger partial charge in [-0.15, -0.1) is 0 Å². The summed E-state index contributed by atoms with van der Waals surface area (Å²) in [5, 5.41) is 13.4. The molecule has 1 aliphatic carbocycles. The van der Waals surface area contributed by atoms with Gasteiger partial charge in [0.25, 0.3) is 0 Å². The van der Waals surface area contributed by atoms with Crippen LogP contribution in [0.3, 0.4) is 0 Å². The van der Waals surface area contributed by atoms with Gasteiger partial charge >= 0.3 is 6.09 Å². The van der Waals surface area contributed by atoms with Crippen molar-refractivity contribution >= 4 is 39.8 Å². The van der Waals surface area contributed by atoms with Crippen molar-refractivity contribution in [3.8, 4) is 0 Å². The number of nitrogens with zero attached hydrogens (tertiary/aromatic N) is 5. The lowest BCUT2D eigenvalue weighted by Crippen LogP contribution is -2.67. The lowest BCUT2D eigenvalue weighted by Gasteiger charge is -2.51. The standard InChI is InChI=1S/C39H52N6O4S/c1-27(2)50(48,49)43(8)35-20-31(21-36(42-35)44(25-32-19-28(32)3)24-30-17-13-10-14-18-30)33-22-34(41-26-40-33)39(7,23-29-15-11-9-12-16-29)45(37(46)47)38(4,5)6/h9-18,20-22,26-28,32,34H,19,23-25H2,1-8H3,(H,40,41)(H,46,47)/t28?,32?,34?,39-/m1/s1. The summed E-state index contributed by atoms with van der Waals surface area (Å²) < 4.78 is 28.2. The molecule has 4 atom stereocenters. The van der Waals surface area contributed by atoms with Crippen molar-refractivity contribution in [2.75, 3.05) is 22.8 Å². The second-order valence-electron chi connectivity index (χ2n) is 15.2. The van der Waals surface area contributed by atoms with E-state index in [0.29, 0.717) is 47.7 Å². The molecule has 1 aliphatic heterocycles. The summed E-state index contributed by atoms with van der Waals surface area (Å²) in [6.45, 7) is 14.6. The Morgan fingerprint density at radius 2 is 1.56 bits per heavy atom. The molecule has 3 unspecified atom stereocenters. The highest BCUT2D eigenvalue weighted by Crippen LogP contribution is 2.40. The second kappa shape index (κ2) is 14.5. The van der Waals surface area contributed by atoms with Crippen LogP contribution in [0.15, 0.2) is 83.9 Å². The molecule has 3 aromatic rings. The normalized spacial score (nSPS) is 20.0. The van der Waals surface area contributed by atoms with E-state index in [0.717, 1.165) is 24.1 Å². The van der Waals surface area contributed by atoms with Crippen LogP contribution < -0.4 is 14.5 Å². The lowest BCUT2D eigenvalue weighted by atomic mass is 9.80. The van der Waals surface area contributed by atoms with Gasteiger partial charge in [-0.3, -0.25) is 9.21 Å². The van der Waals surface area contributed by atoms with Gasteiger partial charge < -0.3 is 15.3 Å². The van der Waals surface area contributed by atoms with Crippen LogP contribution in [0.4, 0.5) is 16.4 Å². The van der Waals surface area contributed by atoms with Crippen LogP contribution in [-0.4, -0.2) is 71.8 Å². The molecule has 2 heterocycles. The Balaban J connectivity index is 1.65. The van der Waals surface area contributed by atoms with Gasteiger partial charge in [0.1, 0.15) is 11.6 Å². The molecule has 2 aliphatic rings. The average Bonchev–Trinajstić information content (AvgIpc) is 3.77. The van der Waals surface area contributed by atoms with E-state index in [1.807, 2.05) is 88.4 Å². The van der Waals surface area contributed by atoms with Gasteiger partial charge in [-0.1, -0.05) is 67.6 Å². The van der Waals surface area contributed by atoms with E-state index in [2.05, 4.69) is 29.3 Å². The fourth-order valence-corrected chi connectivity index (χ4v) is 7.96. The quantitative estimate of drug-likeness (QED) is 0.196. The molecular weight excluding hydrogens is 649 g/mol. The highest BCUT2D eigenvalue weighted by atomic mass is 32.2. The number of hydrogen-bond acceptors (Lipinski definition) is 7. The first kappa shape index (κ1) is 36.9. The van der Waals surface area contributed by atoms with Crippen LogP contribution in [0.5, 0.6) is 0 Å². The molecule has 1 aromatic heterocycles. The van der Waals surface area contributed by atoms with Crippen molar-refractivity contribution in [1.82, 2.24) is 15.2 Å². The number of carbonyl (C=O) groups is 1. The Hall–Kier alpha value is -4.38. The lowest BCUT2D eigenvalue weighted by molar-refractivity contribution is 0.0150. The van der Waals surface area contributed by atoms with E-state index in [1.165, 1.54) is 9.21 Å². The third-order valence-electron chi connectivity index (χ3n) is 9.90. The fraction of sp³-hybridized carbons (Fsp3) is 0.462. The number of nitrogens with one attached hydrogen (secondary N) is 1. The molecule has 2 aromatic carbocycles. The van der Waals surface area contributed by atoms with Gasteiger partial charge in [0.2, 0.25) is 10.0 Å². The second-order valence-corrected chi connectivity index (χ2v) is 17.8. The summed E-state index contributed by atoms with van der Waals surface area (Å²) in [5.74, 6) is 2.09. The molecule has 1 saturated carbocycles. The number of aliphatic imine (C=N–C) groups is 1. The largest absolute Gasteiger partial charge is 0.465 e. The number of hydrogen-bond donors (Lipinski definition) is 2. The van der Waals surface area contributed by atoms with Crippen molar-refractivity contribution in [1.29, 1.82) is 0 Å². The van der Waals surface area contributed by atoms with E-state index >= 15 is 0 Å². The monoisotopic (exact) mass is 700 g/mol. The predicted octanol–water partition coefficient (Wildman–Crippen LogP) is 7.04. The van der Waals surface area contributed by atoms with E-state index < -0.39 is 38.5 Å². The minimum absolute atomic E-state index is 0.299. The molecule has 0 spiro atoms. The first-order valence-electron chi connectivity index (χ1n) is 17.4. The molecule has 50 heavy (non-hydrogen) atoms. The number of sulfonamides is 1. The number of rotatable bonds is 13. The Morgan fingerprint density at radius 3 is 2.10 bits per heavy atom. The Labute approximate surface area is 298 Å². The molecular formula is C39H52N6O4S.